The number of para-hydroxylation sites is 1. The molecule has 1 atom stereocenters. The number of β-amino-alcohol motifs (C(OH)–C–C–N with tert-alkyl or cyclic N) is 1. The minimum atomic E-state index is -4.69. The first-order valence-corrected chi connectivity index (χ1v) is 8.86. The number of halogens is 3. The van der Waals surface area contributed by atoms with Gasteiger partial charge in [-0.15, -0.1) is 0 Å². The van der Waals surface area contributed by atoms with Crippen LogP contribution < -0.4 is 10.5 Å². The zero-order chi connectivity index (χ0) is 20.8. The molecule has 1 fully saturated rings. The molecule has 3 heterocycles. The third-order valence-corrected chi connectivity index (χ3v) is 4.89. The molecule has 0 saturated carbocycles. The van der Waals surface area contributed by atoms with Crippen LogP contribution in [0.3, 0.4) is 0 Å². The van der Waals surface area contributed by atoms with E-state index < -0.39 is 23.5 Å². The van der Waals surface area contributed by atoms with E-state index in [1.165, 1.54) is 6.07 Å². The highest BCUT2D eigenvalue weighted by Crippen LogP contribution is 2.34. The van der Waals surface area contributed by atoms with Crippen LogP contribution in [0, 0.1) is 11.3 Å². The predicted octanol–water partition coefficient (Wildman–Crippen LogP) is 2.85. The maximum absolute atomic E-state index is 13.3. The summed E-state index contributed by atoms with van der Waals surface area (Å²) in [5.74, 6) is 0. The van der Waals surface area contributed by atoms with Crippen molar-refractivity contribution in [2.24, 2.45) is 0 Å². The molecule has 1 aliphatic rings. The van der Waals surface area contributed by atoms with Crippen molar-refractivity contribution in [2.75, 3.05) is 18.0 Å². The molecule has 0 radical (unpaired) electrons. The average molecular weight is 400 g/mol. The predicted molar refractivity (Wildman–Crippen MR) is 99.9 cm³/mol. The highest BCUT2D eigenvalue weighted by atomic mass is 19.4. The summed E-state index contributed by atoms with van der Waals surface area (Å²) in [6.45, 7) is 0.556. The van der Waals surface area contributed by atoms with Crippen LogP contribution in [0.25, 0.3) is 16.7 Å². The standard InChI is InChI=1S/C20H15F3N4O2/c21-20(22,23)16-7-6-14-17(26-9-8-13(28)11-26)15(10-24)19(29)27(18(14)25-16)12-4-2-1-3-5-12/h1-7,13,28H,8-9,11H2/t13-/m0/s1. The molecule has 0 amide bonds. The number of hydrogen-bond acceptors (Lipinski definition) is 5. The SMILES string of the molecule is N#Cc1c(N2CC[C@H](O)C2)c2ccc(C(F)(F)F)nc2n(-c2ccccc2)c1=O. The highest BCUT2D eigenvalue weighted by molar-refractivity contribution is 5.94. The van der Waals surface area contributed by atoms with Crippen molar-refractivity contribution < 1.29 is 18.3 Å². The highest BCUT2D eigenvalue weighted by Gasteiger charge is 2.34. The number of pyridine rings is 2. The number of aliphatic hydroxyl groups is 1. The molecule has 1 aromatic carbocycles. The molecule has 6 nitrogen and oxygen atoms in total. The first kappa shape index (κ1) is 19.0. The van der Waals surface area contributed by atoms with E-state index >= 15 is 0 Å². The van der Waals surface area contributed by atoms with Crippen LogP contribution in [-0.4, -0.2) is 33.9 Å². The van der Waals surface area contributed by atoms with Crippen LogP contribution in [-0.2, 0) is 6.18 Å². The molecule has 1 saturated heterocycles. The lowest BCUT2D eigenvalue weighted by molar-refractivity contribution is -0.141. The van der Waals surface area contributed by atoms with Gasteiger partial charge in [0.15, 0.2) is 0 Å². The van der Waals surface area contributed by atoms with Gasteiger partial charge in [-0.2, -0.15) is 18.4 Å². The molecule has 2 aromatic heterocycles. The fourth-order valence-electron chi connectivity index (χ4n) is 3.60. The Morgan fingerprint density at radius 2 is 1.90 bits per heavy atom. The topological polar surface area (TPSA) is 82.2 Å². The monoisotopic (exact) mass is 400 g/mol. The van der Waals surface area contributed by atoms with Crippen molar-refractivity contribution in [3.05, 3.63) is 64.1 Å². The number of benzene rings is 1. The Morgan fingerprint density at radius 1 is 1.17 bits per heavy atom. The zero-order valence-corrected chi connectivity index (χ0v) is 15.0. The van der Waals surface area contributed by atoms with Crippen molar-refractivity contribution in [1.82, 2.24) is 9.55 Å². The Morgan fingerprint density at radius 3 is 2.48 bits per heavy atom. The minimum Gasteiger partial charge on any atom is -0.391 e. The van der Waals surface area contributed by atoms with E-state index in [2.05, 4.69) is 4.98 Å². The van der Waals surface area contributed by atoms with Crippen LogP contribution in [0.2, 0.25) is 0 Å². The minimum absolute atomic E-state index is 0.180. The lowest BCUT2D eigenvalue weighted by Gasteiger charge is -2.23. The van der Waals surface area contributed by atoms with E-state index in [1.54, 1.807) is 35.2 Å². The second kappa shape index (κ2) is 6.90. The van der Waals surface area contributed by atoms with E-state index in [0.717, 1.165) is 10.6 Å². The lowest BCUT2D eigenvalue weighted by Crippen LogP contribution is -2.30. The van der Waals surface area contributed by atoms with Gasteiger partial charge in [-0.1, -0.05) is 18.2 Å². The van der Waals surface area contributed by atoms with E-state index in [0.29, 0.717) is 18.7 Å². The number of alkyl halides is 3. The summed E-state index contributed by atoms with van der Waals surface area (Å²) in [6, 6.07) is 12.1. The fraction of sp³-hybridized carbons (Fsp3) is 0.250. The van der Waals surface area contributed by atoms with Crippen LogP contribution >= 0.6 is 0 Å². The number of hydrogen-bond donors (Lipinski definition) is 1. The second-order valence-electron chi connectivity index (χ2n) is 6.77. The van der Waals surface area contributed by atoms with Crippen molar-refractivity contribution >= 4 is 16.7 Å². The van der Waals surface area contributed by atoms with Crippen molar-refractivity contribution in [1.29, 1.82) is 5.26 Å². The molecule has 0 bridgehead atoms. The third kappa shape index (κ3) is 3.21. The Hall–Kier alpha value is -3.38. The van der Waals surface area contributed by atoms with E-state index in [4.69, 9.17) is 0 Å². The number of nitrogens with zero attached hydrogens (tertiary/aromatic N) is 4. The van der Waals surface area contributed by atoms with Gasteiger partial charge in [0.1, 0.15) is 23.0 Å². The van der Waals surface area contributed by atoms with Crippen LogP contribution in [0.4, 0.5) is 18.9 Å². The first-order chi connectivity index (χ1) is 13.8. The molecule has 3 aromatic rings. The molecule has 148 valence electrons. The molecule has 1 aliphatic heterocycles. The molecule has 0 unspecified atom stereocenters. The zero-order valence-electron chi connectivity index (χ0n) is 15.0. The number of aliphatic hydroxyl groups excluding tert-OH is 1. The maximum atomic E-state index is 13.3. The third-order valence-electron chi connectivity index (χ3n) is 4.89. The molecule has 9 heteroatoms. The summed E-state index contributed by atoms with van der Waals surface area (Å²) >= 11 is 0. The van der Waals surface area contributed by atoms with Gasteiger partial charge in [-0.3, -0.25) is 9.36 Å². The summed E-state index contributed by atoms with van der Waals surface area (Å²) in [4.78, 5) is 18.6. The Balaban J connectivity index is 2.13. The first-order valence-electron chi connectivity index (χ1n) is 8.86. The number of fused-ring (bicyclic) bond motifs is 1. The van der Waals surface area contributed by atoms with Gasteiger partial charge in [-0.25, -0.2) is 4.98 Å². The summed E-state index contributed by atoms with van der Waals surface area (Å²) in [6.07, 6.45) is -4.90. The van der Waals surface area contributed by atoms with Crippen molar-refractivity contribution in [3.8, 4) is 11.8 Å². The van der Waals surface area contributed by atoms with Crippen molar-refractivity contribution in [2.45, 2.75) is 18.7 Å². The van der Waals surface area contributed by atoms with Crippen LogP contribution in [0.1, 0.15) is 17.7 Å². The molecular formula is C20H15F3N4O2. The van der Waals surface area contributed by atoms with E-state index in [-0.39, 0.29) is 28.8 Å². The quantitative estimate of drug-likeness (QED) is 0.715. The Bertz CT molecular complexity index is 1180. The number of rotatable bonds is 2. The Labute approximate surface area is 163 Å². The summed E-state index contributed by atoms with van der Waals surface area (Å²) in [5, 5.41) is 19.8. The lowest BCUT2D eigenvalue weighted by atomic mass is 10.1. The van der Waals surface area contributed by atoms with Gasteiger partial charge in [0.25, 0.3) is 5.56 Å². The van der Waals surface area contributed by atoms with E-state index in [9.17, 15) is 28.3 Å². The van der Waals surface area contributed by atoms with Crippen LogP contribution in [0.5, 0.6) is 0 Å². The van der Waals surface area contributed by atoms with E-state index in [1.807, 2.05) is 6.07 Å². The smallest absolute Gasteiger partial charge is 0.391 e. The normalized spacial score (nSPS) is 16.9. The van der Waals surface area contributed by atoms with Gasteiger partial charge in [0, 0.05) is 18.5 Å². The second-order valence-corrected chi connectivity index (χ2v) is 6.77. The van der Waals surface area contributed by atoms with Gasteiger partial charge in [0.2, 0.25) is 0 Å². The molecule has 1 N–H and O–H groups in total. The van der Waals surface area contributed by atoms with Gasteiger partial charge in [0.05, 0.1) is 17.5 Å². The summed E-state index contributed by atoms with van der Waals surface area (Å²) < 4.78 is 40.9. The number of anilines is 1. The van der Waals surface area contributed by atoms with Gasteiger partial charge < -0.3 is 10.0 Å². The summed E-state index contributed by atoms with van der Waals surface area (Å²) in [7, 11) is 0. The number of aromatic nitrogens is 2. The van der Waals surface area contributed by atoms with Gasteiger partial charge >= 0.3 is 6.18 Å². The fourth-order valence-corrected chi connectivity index (χ4v) is 3.60. The Kier molecular flexibility index (Phi) is 4.51. The molecule has 0 aliphatic carbocycles. The molecule has 4 rings (SSSR count). The molecular weight excluding hydrogens is 385 g/mol. The largest absolute Gasteiger partial charge is 0.433 e. The average Bonchev–Trinajstić information content (AvgIpc) is 3.12. The number of nitriles is 1. The van der Waals surface area contributed by atoms with Gasteiger partial charge in [-0.05, 0) is 30.7 Å². The van der Waals surface area contributed by atoms with Crippen molar-refractivity contribution in [3.63, 3.8) is 0 Å². The molecule has 0 spiro atoms. The maximum Gasteiger partial charge on any atom is 0.433 e. The summed E-state index contributed by atoms with van der Waals surface area (Å²) in [5.41, 5.74) is -1.76. The molecule has 29 heavy (non-hydrogen) atoms. The van der Waals surface area contributed by atoms with Crippen LogP contribution in [0.15, 0.2) is 47.3 Å².